The van der Waals surface area contributed by atoms with Gasteiger partial charge in [0.1, 0.15) is 0 Å². The maximum Gasteiger partial charge on any atom is 0.0926 e. The number of rotatable bonds is 0. The van der Waals surface area contributed by atoms with Crippen molar-refractivity contribution in [1.82, 2.24) is 9.80 Å². The molecule has 3 heteroatoms. The van der Waals surface area contributed by atoms with Crippen molar-refractivity contribution in [2.75, 3.05) is 26.7 Å². The van der Waals surface area contributed by atoms with Crippen LogP contribution in [0, 0.1) is 5.41 Å². The molecule has 1 saturated heterocycles. The lowest BCUT2D eigenvalue weighted by Gasteiger charge is -2.38. The first kappa shape index (κ1) is 8.53. The third-order valence-corrected chi connectivity index (χ3v) is 2.43. The summed E-state index contributed by atoms with van der Waals surface area (Å²) in [5.41, 5.74) is 0. The van der Waals surface area contributed by atoms with Crippen LogP contribution in [-0.4, -0.2) is 48.4 Å². The van der Waals surface area contributed by atoms with Crippen molar-refractivity contribution in [3.8, 4) is 0 Å². The minimum absolute atomic E-state index is 0.587. The highest BCUT2D eigenvalue weighted by Gasteiger charge is 2.20. The summed E-state index contributed by atoms with van der Waals surface area (Å²) in [4.78, 5) is 4.46. The number of amidine groups is 1. The van der Waals surface area contributed by atoms with Gasteiger partial charge in [0.2, 0.25) is 0 Å². The standard InChI is InChI=1S/C8H17N3/c1-7-6-11(8(2)9)5-4-10(7)3/h7,9H,4-6H2,1-3H3. The summed E-state index contributed by atoms with van der Waals surface area (Å²) < 4.78 is 0. The van der Waals surface area contributed by atoms with Crippen LogP contribution in [-0.2, 0) is 0 Å². The summed E-state index contributed by atoms with van der Waals surface area (Å²) >= 11 is 0. The predicted octanol–water partition coefficient (Wildman–Crippen LogP) is 0.619. The summed E-state index contributed by atoms with van der Waals surface area (Å²) in [6.45, 7) is 7.16. The van der Waals surface area contributed by atoms with Gasteiger partial charge in [0.25, 0.3) is 0 Å². The van der Waals surface area contributed by atoms with Gasteiger partial charge in [-0.25, -0.2) is 0 Å². The molecule has 0 spiro atoms. The highest BCUT2D eigenvalue weighted by Crippen LogP contribution is 2.06. The average Bonchev–Trinajstić information content (AvgIpc) is 1.94. The van der Waals surface area contributed by atoms with Crippen molar-refractivity contribution in [3.63, 3.8) is 0 Å². The van der Waals surface area contributed by atoms with Crippen LogP contribution in [0.3, 0.4) is 0 Å². The van der Waals surface area contributed by atoms with Gasteiger partial charge in [0, 0.05) is 25.7 Å². The molecule has 3 nitrogen and oxygen atoms in total. The van der Waals surface area contributed by atoms with E-state index < -0.39 is 0 Å². The fourth-order valence-electron chi connectivity index (χ4n) is 1.35. The number of likely N-dealkylation sites (N-methyl/N-ethyl adjacent to an activating group) is 1. The van der Waals surface area contributed by atoms with E-state index in [1.165, 1.54) is 0 Å². The number of piperazine rings is 1. The minimum Gasteiger partial charge on any atom is -0.358 e. The second kappa shape index (κ2) is 3.22. The normalized spacial score (nSPS) is 27.2. The van der Waals surface area contributed by atoms with E-state index in [-0.39, 0.29) is 0 Å². The van der Waals surface area contributed by atoms with Crippen molar-refractivity contribution >= 4 is 5.84 Å². The molecule has 1 rings (SSSR count). The maximum atomic E-state index is 7.45. The summed E-state index contributed by atoms with van der Waals surface area (Å²) in [5, 5.41) is 7.45. The molecule has 64 valence electrons. The monoisotopic (exact) mass is 155 g/mol. The molecule has 1 heterocycles. The van der Waals surface area contributed by atoms with E-state index in [1.807, 2.05) is 6.92 Å². The minimum atomic E-state index is 0.587. The van der Waals surface area contributed by atoms with Gasteiger partial charge in [-0.2, -0.15) is 0 Å². The van der Waals surface area contributed by atoms with Gasteiger partial charge < -0.3 is 9.80 Å². The lowest BCUT2D eigenvalue weighted by Crippen LogP contribution is -2.51. The summed E-state index contributed by atoms with van der Waals surface area (Å²) in [5.74, 6) is 0.699. The molecule has 0 aromatic carbocycles. The van der Waals surface area contributed by atoms with Crippen LogP contribution < -0.4 is 0 Å². The van der Waals surface area contributed by atoms with Gasteiger partial charge in [-0.05, 0) is 20.9 Å². The van der Waals surface area contributed by atoms with E-state index in [1.54, 1.807) is 0 Å². The zero-order valence-electron chi connectivity index (χ0n) is 7.59. The van der Waals surface area contributed by atoms with E-state index >= 15 is 0 Å². The first-order chi connectivity index (χ1) is 5.11. The van der Waals surface area contributed by atoms with Crippen molar-refractivity contribution in [3.05, 3.63) is 0 Å². The van der Waals surface area contributed by atoms with Gasteiger partial charge in [-0.3, -0.25) is 5.41 Å². The second-order valence-corrected chi connectivity index (χ2v) is 3.36. The summed E-state index contributed by atoms with van der Waals surface area (Å²) in [6, 6.07) is 0.587. The van der Waals surface area contributed by atoms with E-state index in [4.69, 9.17) is 5.41 Å². The number of nitrogens with one attached hydrogen (secondary N) is 1. The fourth-order valence-corrected chi connectivity index (χ4v) is 1.35. The molecule has 1 fully saturated rings. The molecule has 0 aliphatic carbocycles. The molecule has 1 atom stereocenters. The Morgan fingerprint density at radius 3 is 2.55 bits per heavy atom. The van der Waals surface area contributed by atoms with Crippen molar-refractivity contribution in [2.24, 2.45) is 0 Å². The topological polar surface area (TPSA) is 30.3 Å². The van der Waals surface area contributed by atoms with E-state index in [0.717, 1.165) is 19.6 Å². The lowest BCUT2D eigenvalue weighted by molar-refractivity contribution is 0.152. The SMILES string of the molecule is CC(=N)N1CCN(C)C(C)C1. The molecule has 1 unspecified atom stereocenters. The Kier molecular flexibility index (Phi) is 2.49. The molecule has 0 aromatic rings. The highest BCUT2D eigenvalue weighted by molar-refractivity contribution is 5.76. The van der Waals surface area contributed by atoms with Gasteiger partial charge in [0.15, 0.2) is 0 Å². The third kappa shape index (κ3) is 1.93. The zero-order chi connectivity index (χ0) is 8.43. The van der Waals surface area contributed by atoms with Crippen LogP contribution >= 0.6 is 0 Å². The van der Waals surface area contributed by atoms with Crippen LogP contribution in [0.25, 0.3) is 0 Å². The van der Waals surface area contributed by atoms with Gasteiger partial charge in [0.05, 0.1) is 5.84 Å². The first-order valence-electron chi connectivity index (χ1n) is 4.11. The Morgan fingerprint density at radius 2 is 2.09 bits per heavy atom. The van der Waals surface area contributed by atoms with Gasteiger partial charge >= 0.3 is 0 Å². The van der Waals surface area contributed by atoms with Gasteiger partial charge in [-0.15, -0.1) is 0 Å². The van der Waals surface area contributed by atoms with E-state index in [2.05, 4.69) is 23.8 Å². The van der Waals surface area contributed by atoms with Crippen molar-refractivity contribution in [1.29, 1.82) is 5.41 Å². The van der Waals surface area contributed by atoms with Gasteiger partial charge in [-0.1, -0.05) is 0 Å². The van der Waals surface area contributed by atoms with Crippen LogP contribution in [0.4, 0.5) is 0 Å². The molecule has 1 N–H and O–H groups in total. The van der Waals surface area contributed by atoms with Crippen molar-refractivity contribution < 1.29 is 0 Å². The molecule has 1 aliphatic heterocycles. The summed E-state index contributed by atoms with van der Waals surface area (Å²) in [6.07, 6.45) is 0. The Balaban J connectivity index is 2.46. The largest absolute Gasteiger partial charge is 0.358 e. The predicted molar refractivity (Wildman–Crippen MR) is 47.1 cm³/mol. The Labute approximate surface area is 68.5 Å². The summed E-state index contributed by atoms with van der Waals surface area (Å²) in [7, 11) is 2.14. The second-order valence-electron chi connectivity index (χ2n) is 3.36. The van der Waals surface area contributed by atoms with Crippen LogP contribution in [0.15, 0.2) is 0 Å². The molecule has 0 aromatic heterocycles. The fraction of sp³-hybridized carbons (Fsp3) is 0.875. The Morgan fingerprint density at radius 1 is 1.45 bits per heavy atom. The van der Waals surface area contributed by atoms with E-state index in [0.29, 0.717) is 11.9 Å². The number of hydrogen-bond acceptors (Lipinski definition) is 2. The maximum absolute atomic E-state index is 7.45. The van der Waals surface area contributed by atoms with E-state index in [9.17, 15) is 0 Å². The molecule has 0 bridgehead atoms. The highest BCUT2D eigenvalue weighted by atomic mass is 15.3. The molecular weight excluding hydrogens is 138 g/mol. The third-order valence-electron chi connectivity index (χ3n) is 2.43. The average molecular weight is 155 g/mol. The smallest absolute Gasteiger partial charge is 0.0926 e. The molecule has 1 aliphatic rings. The van der Waals surface area contributed by atoms with Crippen LogP contribution in [0.5, 0.6) is 0 Å². The van der Waals surface area contributed by atoms with Crippen LogP contribution in [0.1, 0.15) is 13.8 Å². The number of nitrogens with zero attached hydrogens (tertiary/aromatic N) is 2. The zero-order valence-corrected chi connectivity index (χ0v) is 7.59. The van der Waals surface area contributed by atoms with Crippen LogP contribution in [0.2, 0.25) is 0 Å². The first-order valence-corrected chi connectivity index (χ1v) is 4.11. The Bertz CT molecular complexity index is 155. The molecule has 0 amide bonds. The molecule has 0 saturated carbocycles. The molecule has 0 radical (unpaired) electrons. The quantitative estimate of drug-likeness (QED) is 0.410. The van der Waals surface area contributed by atoms with Crippen molar-refractivity contribution in [2.45, 2.75) is 19.9 Å². The lowest BCUT2D eigenvalue weighted by atomic mass is 10.2. The Hall–Kier alpha value is -0.570. The number of hydrogen-bond donors (Lipinski definition) is 1. The molecular formula is C8H17N3. The molecule has 11 heavy (non-hydrogen) atoms.